The van der Waals surface area contributed by atoms with Crippen molar-refractivity contribution in [1.82, 2.24) is 10.3 Å². The summed E-state index contributed by atoms with van der Waals surface area (Å²) in [6, 6.07) is 14.6. The van der Waals surface area contributed by atoms with Crippen molar-refractivity contribution in [2.24, 2.45) is 0 Å². The Morgan fingerprint density at radius 2 is 1.89 bits per heavy atom. The number of methoxy groups -OCH3 is 1. The summed E-state index contributed by atoms with van der Waals surface area (Å²) in [5, 5.41) is 6.81. The number of benzene rings is 2. The van der Waals surface area contributed by atoms with Gasteiger partial charge in [0.25, 0.3) is 0 Å². The number of amides is 1. The maximum atomic E-state index is 12.3. The Labute approximate surface area is 165 Å². The zero-order chi connectivity index (χ0) is 19.2. The summed E-state index contributed by atoms with van der Waals surface area (Å²) in [6.07, 6.45) is 2.20. The molecule has 0 fully saturated rings. The molecule has 0 saturated carbocycles. The first-order valence-electron chi connectivity index (χ1n) is 8.48. The SMILES string of the molecule is COC(=O)[C@@H](Cc1c[nH]c2ccccc12)NC(=O)CNc1ccc(Br)cc1. The number of aromatic amines is 1. The van der Waals surface area contributed by atoms with Crippen LogP contribution in [0.25, 0.3) is 10.9 Å². The molecule has 0 saturated heterocycles. The number of aromatic nitrogens is 1. The molecular weight excluding hydrogens is 410 g/mol. The zero-order valence-corrected chi connectivity index (χ0v) is 16.4. The van der Waals surface area contributed by atoms with E-state index in [0.29, 0.717) is 6.42 Å². The predicted molar refractivity (Wildman–Crippen MR) is 109 cm³/mol. The van der Waals surface area contributed by atoms with E-state index in [2.05, 4.69) is 31.5 Å². The Morgan fingerprint density at radius 3 is 2.63 bits per heavy atom. The lowest BCUT2D eigenvalue weighted by molar-refractivity contribution is -0.144. The number of carbonyl (C=O) groups excluding carboxylic acids is 2. The monoisotopic (exact) mass is 429 g/mol. The molecule has 1 amide bonds. The van der Waals surface area contributed by atoms with Crippen LogP contribution in [0.2, 0.25) is 0 Å². The molecule has 3 aromatic rings. The molecule has 2 aromatic carbocycles. The maximum Gasteiger partial charge on any atom is 0.328 e. The molecule has 27 heavy (non-hydrogen) atoms. The van der Waals surface area contributed by atoms with Crippen LogP contribution in [-0.4, -0.2) is 36.6 Å². The van der Waals surface area contributed by atoms with E-state index in [0.717, 1.165) is 26.6 Å². The number of para-hydroxylation sites is 1. The second-order valence-corrected chi connectivity index (χ2v) is 6.98. The van der Waals surface area contributed by atoms with Crippen LogP contribution in [0.3, 0.4) is 0 Å². The lowest BCUT2D eigenvalue weighted by Crippen LogP contribution is -2.45. The first-order chi connectivity index (χ1) is 13.1. The Morgan fingerprint density at radius 1 is 1.15 bits per heavy atom. The van der Waals surface area contributed by atoms with Gasteiger partial charge in [0.1, 0.15) is 6.04 Å². The van der Waals surface area contributed by atoms with Crippen molar-refractivity contribution in [1.29, 1.82) is 0 Å². The predicted octanol–water partition coefficient (Wildman–Crippen LogP) is 3.24. The number of ether oxygens (including phenoxy) is 1. The highest BCUT2D eigenvalue weighted by Crippen LogP contribution is 2.19. The standard InChI is InChI=1S/C20H20BrN3O3/c1-27-20(26)18(10-13-11-23-17-5-3-2-4-16(13)17)24-19(25)12-22-15-8-6-14(21)7-9-15/h2-9,11,18,22-23H,10,12H2,1H3,(H,24,25)/t18-/m1/s1. The van der Waals surface area contributed by atoms with Gasteiger partial charge in [-0.05, 0) is 35.9 Å². The third kappa shape index (κ3) is 4.89. The van der Waals surface area contributed by atoms with Crippen LogP contribution in [0.5, 0.6) is 0 Å². The lowest BCUT2D eigenvalue weighted by Gasteiger charge is -2.17. The summed E-state index contributed by atoms with van der Waals surface area (Å²) in [4.78, 5) is 27.6. The topological polar surface area (TPSA) is 83.2 Å². The molecule has 0 spiro atoms. The van der Waals surface area contributed by atoms with E-state index in [-0.39, 0.29) is 12.5 Å². The van der Waals surface area contributed by atoms with Crippen molar-refractivity contribution in [2.75, 3.05) is 19.0 Å². The van der Waals surface area contributed by atoms with E-state index < -0.39 is 12.0 Å². The van der Waals surface area contributed by atoms with Gasteiger partial charge in [-0.25, -0.2) is 4.79 Å². The molecular formula is C20H20BrN3O3. The molecule has 1 atom stereocenters. The number of anilines is 1. The van der Waals surface area contributed by atoms with Gasteiger partial charge in [0.15, 0.2) is 0 Å². The normalized spacial score (nSPS) is 11.8. The Bertz CT molecular complexity index is 937. The quantitative estimate of drug-likeness (QED) is 0.503. The van der Waals surface area contributed by atoms with Crippen molar-refractivity contribution >= 4 is 44.4 Å². The molecule has 0 aliphatic rings. The number of halogens is 1. The molecule has 0 radical (unpaired) electrons. The Balaban J connectivity index is 1.65. The molecule has 3 rings (SSSR count). The molecule has 0 aliphatic carbocycles. The minimum Gasteiger partial charge on any atom is -0.467 e. The van der Waals surface area contributed by atoms with Gasteiger partial charge in [0.2, 0.25) is 5.91 Å². The van der Waals surface area contributed by atoms with Gasteiger partial charge >= 0.3 is 5.97 Å². The minimum absolute atomic E-state index is 0.0585. The number of H-pyrrole nitrogens is 1. The molecule has 0 bridgehead atoms. The number of carbonyl (C=O) groups is 2. The van der Waals surface area contributed by atoms with Crippen molar-refractivity contribution in [3.05, 3.63) is 64.8 Å². The van der Waals surface area contributed by atoms with Gasteiger partial charge in [0, 0.05) is 33.7 Å². The van der Waals surface area contributed by atoms with Gasteiger partial charge in [-0.1, -0.05) is 34.1 Å². The third-order valence-electron chi connectivity index (χ3n) is 4.22. The highest BCUT2D eigenvalue weighted by atomic mass is 79.9. The number of nitrogens with one attached hydrogen (secondary N) is 3. The van der Waals surface area contributed by atoms with Crippen LogP contribution in [0.1, 0.15) is 5.56 Å². The van der Waals surface area contributed by atoms with Crippen molar-refractivity contribution in [3.63, 3.8) is 0 Å². The highest BCUT2D eigenvalue weighted by molar-refractivity contribution is 9.10. The van der Waals surface area contributed by atoms with Crippen LogP contribution in [-0.2, 0) is 20.7 Å². The van der Waals surface area contributed by atoms with Crippen LogP contribution in [0.15, 0.2) is 59.2 Å². The first kappa shape index (κ1) is 19.0. The fourth-order valence-electron chi connectivity index (χ4n) is 2.85. The number of fused-ring (bicyclic) bond motifs is 1. The summed E-state index contributed by atoms with van der Waals surface area (Å²) < 4.78 is 5.82. The molecule has 140 valence electrons. The van der Waals surface area contributed by atoms with Crippen LogP contribution in [0, 0.1) is 0 Å². The number of hydrogen-bond donors (Lipinski definition) is 3. The molecule has 3 N–H and O–H groups in total. The second-order valence-electron chi connectivity index (χ2n) is 6.07. The van der Waals surface area contributed by atoms with E-state index in [1.54, 1.807) is 0 Å². The summed E-state index contributed by atoms with van der Waals surface area (Å²) >= 11 is 3.37. The van der Waals surface area contributed by atoms with E-state index in [9.17, 15) is 9.59 Å². The molecule has 0 unspecified atom stereocenters. The molecule has 1 aromatic heterocycles. The molecule has 1 heterocycles. The summed E-state index contributed by atoms with van der Waals surface area (Å²) in [6.45, 7) is 0.0585. The van der Waals surface area contributed by atoms with E-state index in [1.165, 1.54) is 7.11 Å². The third-order valence-corrected chi connectivity index (χ3v) is 4.75. The molecule has 0 aliphatic heterocycles. The summed E-state index contributed by atoms with van der Waals surface area (Å²) in [7, 11) is 1.32. The van der Waals surface area contributed by atoms with Gasteiger partial charge in [-0.15, -0.1) is 0 Å². The van der Waals surface area contributed by atoms with E-state index in [1.807, 2.05) is 54.7 Å². The minimum atomic E-state index is -0.756. The van der Waals surface area contributed by atoms with Crippen molar-refractivity contribution < 1.29 is 14.3 Å². The smallest absolute Gasteiger partial charge is 0.328 e. The van der Waals surface area contributed by atoms with Crippen LogP contribution >= 0.6 is 15.9 Å². The fraction of sp³-hybridized carbons (Fsp3) is 0.200. The zero-order valence-electron chi connectivity index (χ0n) is 14.8. The highest BCUT2D eigenvalue weighted by Gasteiger charge is 2.23. The van der Waals surface area contributed by atoms with E-state index in [4.69, 9.17) is 4.74 Å². The Kier molecular flexibility index (Phi) is 6.13. The summed E-state index contributed by atoms with van der Waals surface area (Å²) in [5.74, 6) is -0.759. The lowest BCUT2D eigenvalue weighted by atomic mass is 10.0. The fourth-order valence-corrected chi connectivity index (χ4v) is 3.12. The first-order valence-corrected chi connectivity index (χ1v) is 9.27. The van der Waals surface area contributed by atoms with Gasteiger partial charge in [0.05, 0.1) is 13.7 Å². The largest absolute Gasteiger partial charge is 0.467 e. The molecule has 7 heteroatoms. The Hall–Kier alpha value is -2.80. The number of esters is 1. The number of hydrogen-bond acceptors (Lipinski definition) is 4. The average molecular weight is 430 g/mol. The van der Waals surface area contributed by atoms with Crippen molar-refractivity contribution in [3.8, 4) is 0 Å². The van der Waals surface area contributed by atoms with Crippen LogP contribution < -0.4 is 10.6 Å². The van der Waals surface area contributed by atoms with Crippen molar-refractivity contribution in [2.45, 2.75) is 12.5 Å². The average Bonchev–Trinajstić information content (AvgIpc) is 3.09. The van der Waals surface area contributed by atoms with Gasteiger partial charge in [-0.2, -0.15) is 0 Å². The molecule has 6 nitrogen and oxygen atoms in total. The van der Waals surface area contributed by atoms with Crippen LogP contribution in [0.4, 0.5) is 5.69 Å². The second kappa shape index (κ2) is 8.73. The van der Waals surface area contributed by atoms with Gasteiger partial charge < -0.3 is 20.4 Å². The van der Waals surface area contributed by atoms with E-state index >= 15 is 0 Å². The number of rotatable bonds is 7. The summed E-state index contributed by atoms with van der Waals surface area (Å²) in [5.41, 5.74) is 2.75. The van der Waals surface area contributed by atoms with Gasteiger partial charge in [-0.3, -0.25) is 4.79 Å². The maximum absolute atomic E-state index is 12.3.